The number of rotatable bonds is 5. The summed E-state index contributed by atoms with van der Waals surface area (Å²) in [6, 6.07) is 7.35. The fraction of sp³-hybridized carbons (Fsp3) is 0.471. The SMILES string of the molecule is O=C(Cn1ccnn1)N(Cc1ccc(O)cc1)C1CCCCC1. The van der Waals surface area contributed by atoms with Crippen molar-refractivity contribution < 1.29 is 9.90 Å². The maximum absolute atomic E-state index is 12.8. The molecule has 2 aromatic rings. The predicted octanol–water partition coefficient (Wildman–Crippen LogP) is 2.35. The lowest BCUT2D eigenvalue weighted by molar-refractivity contribution is -0.135. The van der Waals surface area contributed by atoms with E-state index in [9.17, 15) is 9.90 Å². The molecule has 122 valence electrons. The lowest BCUT2D eigenvalue weighted by atomic mass is 9.93. The van der Waals surface area contributed by atoms with Gasteiger partial charge in [0.05, 0.1) is 6.20 Å². The molecule has 1 saturated carbocycles. The number of amides is 1. The van der Waals surface area contributed by atoms with Gasteiger partial charge in [0.2, 0.25) is 5.91 Å². The van der Waals surface area contributed by atoms with Crippen LogP contribution in [-0.2, 0) is 17.9 Å². The van der Waals surface area contributed by atoms with E-state index in [1.54, 1.807) is 29.2 Å². The Morgan fingerprint density at radius 1 is 1.22 bits per heavy atom. The lowest BCUT2D eigenvalue weighted by Gasteiger charge is -2.34. The van der Waals surface area contributed by atoms with E-state index in [0.717, 1.165) is 18.4 Å². The average Bonchev–Trinajstić information content (AvgIpc) is 3.08. The molecule has 0 bridgehead atoms. The van der Waals surface area contributed by atoms with E-state index in [4.69, 9.17) is 0 Å². The van der Waals surface area contributed by atoms with Gasteiger partial charge in [-0.05, 0) is 30.5 Å². The summed E-state index contributed by atoms with van der Waals surface area (Å²) in [5.74, 6) is 0.308. The maximum Gasteiger partial charge on any atom is 0.244 e. The van der Waals surface area contributed by atoms with Gasteiger partial charge in [0, 0.05) is 18.8 Å². The molecular formula is C17H22N4O2. The monoisotopic (exact) mass is 314 g/mol. The topological polar surface area (TPSA) is 71.2 Å². The van der Waals surface area contributed by atoms with Gasteiger partial charge in [0.15, 0.2) is 0 Å². The van der Waals surface area contributed by atoms with Crippen LogP contribution in [0.3, 0.4) is 0 Å². The number of aromatic nitrogens is 3. The van der Waals surface area contributed by atoms with Crippen LogP contribution in [0.25, 0.3) is 0 Å². The van der Waals surface area contributed by atoms with Gasteiger partial charge in [0.25, 0.3) is 0 Å². The Morgan fingerprint density at radius 2 is 1.96 bits per heavy atom. The molecule has 1 amide bonds. The molecule has 1 fully saturated rings. The summed E-state index contributed by atoms with van der Waals surface area (Å²) in [4.78, 5) is 14.7. The molecule has 0 unspecified atom stereocenters. The van der Waals surface area contributed by atoms with Gasteiger partial charge in [-0.25, -0.2) is 4.68 Å². The second-order valence-electron chi connectivity index (χ2n) is 6.08. The number of phenolic OH excluding ortho intramolecular Hbond substituents is 1. The number of hydrogen-bond donors (Lipinski definition) is 1. The minimum absolute atomic E-state index is 0.0653. The second-order valence-corrected chi connectivity index (χ2v) is 6.08. The van der Waals surface area contributed by atoms with Crippen LogP contribution in [-0.4, -0.2) is 36.9 Å². The van der Waals surface area contributed by atoms with E-state index in [2.05, 4.69) is 10.3 Å². The first-order valence-corrected chi connectivity index (χ1v) is 8.14. The van der Waals surface area contributed by atoms with Crippen molar-refractivity contribution in [2.24, 2.45) is 0 Å². The third-order valence-corrected chi connectivity index (χ3v) is 4.39. The molecule has 1 aromatic heterocycles. The number of hydrogen-bond acceptors (Lipinski definition) is 4. The highest BCUT2D eigenvalue weighted by Crippen LogP contribution is 2.25. The molecule has 3 rings (SSSR count). The molecule has 1 heterocycles. The molecule has 0 radical (unpaired) electrons. The zero-order valence-electron chi connectivity index (χ0n) is 13.1. The zero-order valence-corrected chi connectivity index (χ0v) is 13.1. The largest absolute Gasteiger partial charge is 0.508 e. The summed E-state index contributed by atoms with van der Waals surface area (Å²) in [7, 11) is 0. The fourth-order valence-electron chi connectivity index (χ4n) is 3.16. The van der Waals surface area contributed by atoms with Crippen molar-refractivity contribution in [1.82, 2.24) is 19.9 Å². The highest BCUT2D eigenvalue weighted by atomic mass is 16.3. The molecule has 23 heavy (non-hydrogen) atoms. The summed E-state index contributed by atoms with van der Waals surface area (Å²) in [6.45, 7) is 0.785. The molecule has 1 aromatic carbocycles. The van der Waals surface area contributed by atoms with Crippen LogP contribution in [0.5, 0.6) is 5.75 Å². The normalized spacial score (nSPS) is 15.5. The number of nitrogens with zero attached hydrogens (tertiary/aromatic N) is 4. The number of carbonyl (C=O) groups excluding carboxylic acids is 1. The number of benzene rings is 1. The van der Waals surface area contributed by atoms with Gasteiger partial charge >= 0.3 is 0 Å². The molecule has 6 heteroatoms. The van der Waals surface area contributed by atoms with Crippen molar-refractivity contribution in [2.75, 3.05) is 0 Å². The average molecular weight is 314 g/mol. The Bertz CT molecular complexity index is 619. The Hall–Kier alpha value is -2.37. The first-order chi connectivity index (χ1) is 11.2. The Morgan fingerprint density at radius 3 is 2.61 bits per heavy atom. The van der Waals surface area contributed by atoms with E-state index in [-0.39, 0.29) is 24.2 Å². The fourth-order valence-corrected chi connectivity index (χ4v) is 3.16. The van der Waals surface area contributed by atoms with Crippen LogP contribution in [0.15, 0.2) is 36.7 Å². The zero-order chi connectivity index (χ0) is 16.1. The van der Waals surface area contributed by atoms with Gasteiger partial charge in [-0.15, -0.1) is 5.10 Å². The lowest BCUT2D eigenvalue weighted by Crippen LogP contribution is -2.42. The van der Waals surface area contributed by atoms with Gasteiger partial charge < -0.3 is 10.0 Å². The van der Waals surface area contributed by atoms with Crippen LogP contribution in [0.1, 0.15) is 37.7 Å². The molecule has 0 atom stereocenters. The molecule has 0 aliphatic heterocycles. The minimum Gasteiger partial charge on any atom is -0.508 e. The van der Waals surface area contributed by atoms with Crippen LogP contribution < -0.4 is 0 Å². The van der Waals surface area contributed by atoms with Gasteiger partial charge in [-0.3, -0.25) is 4.79 Å². The molecule has 1 N–H and O–H groups in total. The van der Waals surface area contributed by atoms with Crippen molar-refractivity contribution in [3.8, 4) is 5.75 Å². The summed E-state index contributed by atoms with van der Waals surface area (Å²) in [6.07, 6.45) is 9.00. The van der Waals surface area contributed by atoms with Crippen LogP contribution >= 0.6 is 0 Å². The van der Waals surface area contributed by atoms with Crippen molar-refractivity contribution >= 4 is 5.91 Å². The molecule has 1 aliphatic rings. The van der Waals surface area contributed by atoms with E-state index in [1.165, 1.54) is 19.3 Å². The van der Waals surface area contributed by atoms with Crippen molar-refractivity contribution in [3.63, 3.8) is 0 Å². The summed E-state index contributed by atoms with van der Waals surface area (Å²) >= 11 is 0. The third-order valence-electron chi connectivity index (χ3n) is 4.39. The number of phenols is 1. The first kappa shape index (κ1) is 15.5. The Kier molecular flexibility index (Phi) is 4.90. The highest BCUT2D eigenvalue weighted by Gasteiger charge is 2.25. The minimum atomic E-state index is 0.0653. The predicted molar refractivity (Wildman–Crippen MR) is 85.6 cm³/mol. The van der Waals surface area contributed by atoms with Gasteiger partial charge in [-0.1, -0.05) is 36.6 Å². The summed E-state index contributed by atoms with van der Waals surface area (Å²) < 4.78 is 1.56. The molecule has 0 spiro atoms. The van der Waals surface area contributed by atoms with E-state index >= 15 is 0 Å². The van der Waals surface area contributed by atoms with Crippen LogP contribution in [0.4, 0.5) is 0 Å². The molecular weight excluding hydrogens is 292 g/mol. The maximum atomic E-state index is 12.8. The third kappa shape index (κ3) is 4.09. The second kappa shape index (κ2) is 7.26. The van der Waals surface area contributed by atoms with E-state index in [1.807, 2.05) is 17.0 Å². The molecule has 6 nitrogen and oxygen atoms in total. The first-order valence-electron chi connectivity index (χ1n) is 8.14. The highest BCUT2D eigenvalue weighted by molar-refractivity contribution is 5.76. The van der Waals surface area contributed by atoms with E-state index < -0.39 is 0 Å². The van der Waals surface area contributed by atoms with E-state index in [0.29, 0.717) is 6.54 Å². The van der Waals surface area contributed by atoms with Crippen LogP contribution in [0, 0.1) is 0 Å². The number of aromatic hydroxyl groups is 1. The van der Waals surface area contributed by atoms with Crippen molar-refractivity contribution in [1.29, 1.82) is 0 Å². The molecule has 1 aliphatic carbocycles. The van der Waals surface area contributed by atoms with Gasteiger partial charge in [-0.2, -0.15) is 0 Å². The summed E-state index contributed by atoms with van der Waals surface area (Å²) in [5.41, 5.74) is 1.03. The standard InChI is InChI=1S/C17H22N4O2/c22-16-8-6-14(7-9-16)12-21(15-4-2-1-3-5-15)17(23)13-20-11-10-18-19-20/h6-11,15,22H,1-5,12-13H2. The van der Waals surface area contributed by atoms with Crippen molar-refractivity contribution in [3.05, 3.63) is 42.2 Å². The Labute approximate surface area is 135 Å². The summed E-state index contributed by atoms with van der Waals surface area (Å²) in [5, 5.41) is 17.1. The number of carbonyl (C=O) groups is 1. The molecule has 0 saturated heterocycles. The smallest absolute Gasteiger partial charge is 0.244 e. The Balaban J connectivity index is 1.74. The van der Waals surface area contributed by atoms with Gasteiger partial charge in [0.1, 0.15) is 12.3 Å². The quantitative estimate of drug-likeness (QED) is 0.919. The van der Waals surface area contributed by atoms with Crippen molar-refractivity contribution in [2.45, 2.75) is 51.2 Å². The van der Waals surface area contributed by atoms with Crippen LogP contribution in [0.2, 0.25) is 0 Å².